The molecule has 0 aliphatic heterocycles. The lowest BCUT2D eigenvalue weighted by atomic mass is 9.68. The van der Waals surface area contributed by atoms with Crippen LogP contribution >= 0.6 is 0 Å². The maximum absolute atomic E-state index is 12.1. The summed E-state index contributed by atoms with van der Waals surface area (Å²) in [5.41, 5.74) is 2.19. The second-order valence-corrected chi connectivity index (χ2v) is 8.31. The minimum Gasteiger partial charge on any atom is -0.251 e. The summed E-state index contributed by atoms with van der Waals surface area (Å²) < 4.78 is 12.1. The second kappa shape index (κ2) is 9.91. The lowest BCUT2D eigenvalue weighted by Gasteiger charge is -2.38. The zero-order valence-electron chi connectivity index (χ0n) is 15.9. The lowest BCUT2D eigenvalue weighted by Crippen LogP contribution is -2.25. The number of nitrogens with zero attached hydrogens (tertiary/aromatic N) is 1. The first-order chi connectivity index (χ1) is 12.8. The molecule has 140 valence electrons. The van der Waals surface area contributed by atoms with Gasteiger partial charge in [-0.1, -0.05) is 24.3 Å². The number of allylic oxidation sites excluding steroid dienone is 2. The second-order valence-electron chi connectivity index (χ2n) is 8.31. The molecule has 0 saturated heterocycles. The number of rotatable bonds is 6. The lowest BCUT2D eigenvalue weighted by molar-refractivity contribution is 0.160. The Hall–Kier alpha value is -1.62. The number of alkyl halides is 1. The van der Waals surface area contributed by atoms with E-state index in [9.17, 15) is 4.39 Å². The predicted molar refractivity (Wildman–Crippen MR) is 106 cm³/mol. The highest BCUT2D eigenvalue weighted by atomic mass is 19.1. The molecule has 2 aliphatic rings. The molecule has 0 bridgehead atoms. The average Bonchev–Trinajstić information content (AvgIpc) is 2.72. The van der Waals surface area contributed by atoms with Gasteiger partial charge in [-0.2, -0.15) is 5.26 Å². The summed E-state index contributed by atoms with van der Waals surface area (Å²) in [6.07, 6.45) is 16.8. The van der Waals surface area contributed by atoms with Crippen molar-refractivity contribution in [1.82, 2.24) is 0 Å². The Labute approximate surface area is 158 Å². The van der Waals surface area contributed by atoms with Crippen molar-refractivity contribution in [3.05, 3.63) is 47.5 Å². The highest BCUT2D eigenvalue weighted by molar-refractivity contribution is 5.33. The van der Waals surface area contributed by atoms with Gasteiger partial charge in [0.25, 0.3) is 0 Å². The molecule has 2 heteroatoms. The molecule has 0 radical (unpaired) electrons. The van der Waals surface area contributed by atoms with E-state index in [0.29, 0.717) is 12.3 Å². The first-order valence-corrected chi connectivity index (χ1v) is 10.5. The highest BCUT2D eigenvalue weighted by Gasteiger charge is 2.30. The summed E-state index contributed by atoms with van der Waals surface area (Å²) in [5, 5.41) is 8.94. The third kappa shape index (κ3) is 5.19. The Kier molecular flexibility index (Phi) is 7.30. The maximum Gasteiger partial charge on any atom is 0.0991 e. The fourth-order valence-electron chi connectivity index (χ4n) is 5.12. The van der Waals surface area contributed by atoms with Gasteiger partial charge in [-0.3, -0.25) is 4.39 Å². The van der Waals surface area contributed by atoms with Crippen molar-refractivity contribution in [2.45, 2.75) is 70.1 Å². The van der Waals surface area contributed by atoms with Gasteiger partial charge in [0.1, 0.15) is 0 Å². The monoisotopic (exact) mass is 353 g/mol. The van der Waals surface area contributed by atoms with Crippen LogP contribution in [0.2, 0.25) is 0 Å². The summed E-state index contributed by atoms with van der Waals surface area (Å²) >= 11 is 0. The van der Waals surface area contributed by atoms with Crippen LogP contribution in [0, 0.1) is 29.1 Å². The summed E-state index contributed by atoms with van der Waals surface area (Å²) in [6.45, 7) is -0.228. The normalized spacial score (nSPS) is 29.5. The molecule has 2 fully saturated rings. The Morgan fingerprint density at radius 3 is 2.08 bits per heavy atom. The maximum atomic E-state index is 12.1. The Balaban J connectivity index is 1.41. The molecule has 1 nitrogen and oxygen atoms in total. The Morgan fingerprint density at radius 2 is 1.50 bits per heavy atom. The molecule has 2 aliphatic carbocycles. The predicted octanol–water partition coefficient (Wildman–Crippen LogP) is 6.94. The van der Waals surface area contributed by atoms with E-state index < -0.39 is 0 Å². The van der Waals surface area contributed by atoms with E-state index in [1.807, 2.05) is 18.2 Å². The zero-order chi connectivity index (χ0) is 18.2. The van der Waals surface area contributed by atoms with Crippen molar-refractivity contribution in [3.8, 4) is 6.07 Å². The summed E-state index contributed by atoms with van der Waals surface area (Å²) in [6, 6.07) is 10.5. The van der Waals surface area contributed by atoms with E-state index in [2.05, 4.69) is 24.3 Å². The SMILES string of the molecule is N#Cc1ccc(C2CCC(C3CCC(CC=CCCF)CC3)CC2)cc1. The van der Waals surface area contributed by atoms with Crippen molar-refractivity contribution in [1.29, 1.82) is 5.26 Å². The molecule has 1 aromatic carbocycles. The van der Waals surface area contributed by atoms with Crippen molar-refractivity contribution < 1.29 is 4.39 Å². The molecular formula is C24H32FN. The molecule has 0 atom stereocenters. The number of halogens is 1. The molecule has 3 rings (SSSR count). The van der Waals surface area contributed by atoms with Crippen LogP contribution < -0.4 is 0 Å². The fraction of sp³-hybridized carbons (Fsp3) is 0.625. The van der Waals surface area contributed by atoms with Gasteiger partial charge in [-0.05, 0) is 106 Å². The van der Waals surface area contributed by atoms with Crippen LogP contribution in [0.1, 0.15) is 81.3 Å². The van der Waals surface area contributed by atoms with Gasteiger partial charge >= 0.3 is 0 Å². The van der Waals surface area contributed by atoms with Crippen LogP contribution in [0.25, 0.3) is 0 Å². The van der Waals surface area contributed by atoms with Gasteiger partial charge in [0.05, 0.1) is 18.3 Å². The van der Waals surface area contributed by atoms with Gasteiger partial charge in [0.2, 0.25) is 0 Å². The van der Waals surface area contributed by atoms with Gasteiger partial charge in [-0.15, -0.1) is 0 Å². The molecule has 0 amide bonds. The minimum absolute atomic E-state index is 0.228. The Bertz CT molecular complexity index is 596. The number of nitriles is 1. The molecule has 0 heterocycles. The quantitative estimate of drug-likeness (QED) is 0.508. The number of benzene rings is 1. The minimum atomic E-state index is -0.228. The van der Waals surface area contributed by atoms with Crippen LogP contribution in [-0.4, -0.2) is 6.67 Å². The van der Waals surface area contributed by atoms with Crippen LogP contribution in [0.3, 0.4) is 0 Å². The van der Waals surface area contributed by atoms with E-state index in [-0.39, 0.29) is 6.67 Å². The highest BCUT2D eigenvalue weighted by Crippen LogP contribution is 2.44. The summed E-state index contributed by atoms with van der Waals surface area (Å²) in [7, 11) is 0. The topological polar surface area (TPSA) is 23.8 Å². The smallest absolute Gasteiger partial charge is 0.0991 e. The molecule has 0 N–H and O–H groups in total. The van der Waals surface area contributed by atoms with Crippen molar-refractivity contribution in [3.63, 3.8) is 0 Å². The molecule has 26 heavy (non-hydrogen) atoms. The largest absolute Gasteiger partial charge is 0.251 e. The molecule has 0 unspecified atom stereocenters. The molecule has 1 aromatic rings. The first kappa shape index (κ1) is 19.2. The van der Waals surface area contributed by atoms with E-state index in [0.717, 1.165) is 29.7 Å². The van der Waals surface area contributed by atoms with E-state index in [4.69, 9.17) is 5.26 Å². The van der Waals surface area contributed by atoms with E-state index >= 15 is 0 Å². The van der Waals surface area contributed by atoms with Crippen molar-refractivity contribution >= 4 is 0 Å². The third-order valence-electron chi connectivity index (χ3n) is 6.75. The fourth-order valence-corrected chi connectivity index (χ4v) is 5.12. The van der Waals surface area contributed by atoms with Crippen LogP contribution in [0.5, 0.6) is 0 Å². The summed E-state index contributed by atoms with van der Waals surface area (Å²) in [4.78, 5) is 0. The third-order valence-corrected chi connectivity index (χ3v) is 6.75. The van der Waals surface area contributed by atoms with Gasteiger partial charge in [0.15, 0.2) is 0 Å². The van der Waals surface area contributed by atoms with E-state index in [1.165, 1.54) is 56.9 Å². The molecule has 0 spiro atoms. The van der Waals surface area contributed by atoms with Crippen LogP contribution in [0.4, 0.5) is 4.39 Å². The van der Waals surface area contributed by atoms with Gasteiger partial charge < -0.3 is 0 Å². The molecule has 2 saturated carbocycles. The zero-order valence-corrected chi connectivity index (χ0v) is 15.9. The summed E-state index contributed by atoms with van der Waals surface area (Å²) in [5.74, 6) is 3.38. The molecule has 0 aromatic heterocycles. The average molecular weight is 354 g/mol. The first-order valence-electron chi connectivity index (χ1n) is 10.5. The van der Waals surface area contributed by atoms with Crippen molar-refractivity contribution in [2.75, 3.05) is 6.67 Å². The number of hydrogen-bond acceptors (Lipinski definition) is 1. The van der Waals surface area contributed by atoms with Gasteiger partial charge in [0, 0.05) is 0 Å². The number of hydrogen-bond donors (Lipinski definition) is 0. The van der Waals surface area contributed by atoms with Crippen molar-refractivity contribution in [2.24, 2.45) is 17.8 Å². The van der Waals surface area contributed by atoms with E-state index in [1.54, 1.807) is 0 Å². The molecular weight excluding hydrogens is 321 g/mol. The standard InChI is InChI=1S/C24H32FN/c25-17-3-1-2-4-19-5-9-21(10-6-19)23-13-15-24(16-14-23)22-11-7-20(18-26)8-12-22/h1-2,7-8,11-12,19,21,23-24H,3-6,9-10,13-17H2. The van der Waals surface area contributed by atoms with Crippen LogP contribution in [0.15, 0.2) is 36.4 Å². The van der Waals surface area contributed by atoms with Gasteiger partial charge in [-0.25, -0.2) is 0 Å². The Morgan fingerprint density at radius 1 is 0.885 bits per heavy atom. The van der Waals surface area contributed by atoms with Crippen LogP contribution in [-0.2, 0) is 0 Å².